The maximum Gasteiger partial charge on any atom is 0.289 e. The molecule has 2 rings (SSSR count). The zero-order chi connectivity index (χ0) is 26.2. The highest BCUT2D eigenvalue weighted by molar-refractivity contribution is 6.32. The van der Waals surface area contributed by atoms with Crippen molar-refractivity contribution in [2.75, 3.05) is 49.7 Å². The summed E-state index contributed by atoms with van der Waals surface area (Å²) in [4.78, 5) is 14.7. The first kappa shape index (κ1) is 29.7. The molecule has 0 saturated heterocycles. The Kier molecular flexibility index (Phi) is 13.9. The van der Waals surface area contributed by atoms with Crippen molar-refractivity contribution < 1.29 is 9.66 Å². The fourth-order valence-electron chi connectivity index (χ4n) is 3.50. The molecule has 0 aliphatic carbocycles. The number of nitrogens with zero attached hydrogens (tertiary/aromatic N) is 5. The first-order valence-corrected chi connectivity index (χ1v) is 12.1. The average molecular weight is 500 g/mol. The molecule has 0 spiro atoms. The Morgan fingerprint density at radius 1 is 0.886 bits per heavy atom. The van der Waals surface area contributed by atoms with Gasteiger partial charge in [0.15, 0.2) is 0 Å². The lowest BCUT2D eigenvalue weighted by Gasteiger charge is -2.24. The number of rotatable bonds is 12. The number of nitro benzene ring substituents is 1. The van der Waals surface area contributed by atoms with Crippen LogP contribution in [-0.2, 0) is 4.74 Å². The molecule has 0 aromatic heterocycles. The smallest absolute Gasteiger partial charge is 0.289 e. The quantitative estimate of drug-likeness (QED) is 0.254. The van der Waals surface area contributed by atoms with E-state index in [4.69, 9.17) is 26.9 Å². The van der Waals surface area contributed by atoms with E-state index >= 15 is 0 Å². The zero-order valence-corrected chi connectivity index (χ0v) is 21.7. The summed E-state index contributed by atoms with van der Waals surface area (Å²) in [5.41, 5.74) is 2.35. The molecule has 35 heavy (non-hydrogen) atoms. The number of methoxy groups -OCH3 is 1. The molecule has 9 heteroatoms. The zero-order valence-electron chi connectivity index (χ0n) is 21.0. The third-order valence-corrected chi connectivity index (χ3v) is 5.46. The summed E-state index contributed by atoms with van der Waals surface area (Å²) in [5.74, 6) is 0. The minimum Gasteiger partial charge on any atom is -0.383 e. The monoisotopic (exact) mass is 499 g/mol. The molecule has 0 aliphatic heterocycles. The summed E-state index contributed by atoms with van der Waals surface area (Å²) in [6, 6.07) is 14.2. The molecule has 188 valence electrons. The summed E-state index contributed by atoms with van der Waals surface area (Å²) in [7, 11) is 1.69. The fourth-order valence-corrected chi connectivity index (χ4v) is 3.72. The van der Waals surface area contributed by atoms with Crippen LogP contribution in [0.25, 0.3) is 0 Å². The van der Waals surface area contributed by atoms with Gasteiger partial charge in [-0.2, -0.15) is 10.5 Å². The van der Waals surface area contributed by atoms with Gasteiger partial charge in [0.2, 0.25) is 0 Å². The predicted octanol–water partition coefficient (Wildman–Crippen LogP) is 6.17. The number of hydrogen-bond donors (Lipinski definition) is 0. The maximum atomic E-state index is 10.9. The van der Waals surface area contributed by atoms with Gasteiger partial charge in [-0.15, -0.1) is 0 Å². The van der Waals surface area contributed by atoms with Gasteiger partial charge in [0, 0.05) is 50.7 Å². The van der Waals surface area contributed by atoms with Crippen molar-refractivity contribution in [1.29, 1.82) is 10.5 Å². The number of benzene rings is 2. The number of nitro groups is 1. The first-order chi connectivity index (χ1) is 16.9. The molecular weight excluding hydrogens is 466 g/mol. The second-order valence-corrected chi connectivity index (χ2v) is 8.22. The molecule has 2 aromatic carbocycles. The summed E-state index contributed by atoms with van der Waals surface area (Å²) in [6.45, 7) is 10.4. The Bertz CT molecular complexity index is 1030. The van der Waals surface area contributed by atoms with E-state index in [1.807, 2.05) is 18.2 Å². The lowest BCUT2D eigenvalue weighted by Crippen LogP contribution is -2.27. The van der Waals surface area contributed by atoms with Crippen molar-refractivity contribution in [3.05, 3.63) is 62.7 Å². The van der Waals surface area contributed by atoms with Crippen LogP contribution in [0.3, 0.4) is 0 Å². The van der Waals surface area contributed by atoms with Crippen molar-refractivity contribution in [3.63, 3.8) is 0 Å². The van der Waals surface area contributed by atoms with Crippen molar-refractivity contribution in [2.24, 2.45) is 0 Å². The molecule has 0 atom stereocenters. The van der Waals surface area contributed by atoms with E-state index in [-0.39, 0.29) is 11.3 Å². The van der Waals surface area contributed by atoms with Crippen molar-refractivity contribution >= 4 is 28.7 Å². The van der Waals surface area contributed by atoms with Gasteiger partial charge in [-0.25, -0.2) is 0 Å². The van der Waals surface area contributed by atoms with E-state index in [9.17, 15) is 10.1 Å². The molecule has 0 aliphatic rings. The van der Waals surface area contributed by atoms with Crippen molar-refractivity contribution in [2.45, 2.75) is 40.0 Å². The molecule has 2 aromatic rings. The second kappa shape index (κ2) is 16.3. The van der Waals surface area contributed by atoms with Gasteiger partial charge in [0.1, 0.15) is 17.7 Å². The standard InChI is InChI=1S/C13H17ClN2O.C13H17N3O2/c1-3-6-16(7-8-17-2)12-5-4-11(10-15)13(14)9-12;1-3-7-15(8-4-2)12-6-5-11(10-14)13(9-12)16(17)18/h4-5,9H,3,6-8H2,1-2H3;5-6,9H,3-4,7-8H2,1-2H3. The molecule has 0 unspecified atom stereocenters. The van der Waals surface area contributed by atoms with Gasteiger partial charge in [-0.1, -0.05) is 32.4 Å². The second-order valence-electron chi connectivity index (χ2n) is 7.81. The van der Waals surface area contributed by atoms with Crippen LogP contribution in [0.5, 0.6) is 0 Å². The molecular formula is C26H34ClN5O3. The highest BCUT2D eigenvalue weighted by atomic mass is 35.5. The van der Waals surface area contributed by atoms with Crippen LogP contribution < -0.4 is 9.80 Å². The molecule has 0 fully saturated rings. The Hall–Kier alpha value is -3.33. The summed E-state index contributed by atoms with van der Waals surface area (Å²) < 4.78 is 5.09. The van der Waals surface area contributed by atoms with Gasteiger partial charge in [-0.3, -0.25) is 10.1 Å². The normalized spacial score (nSPS) is 9.91. The number of halogens is 1. The fraction of sp³-hybridized carbons (Fsp3) is 0.462. The lowest BCUT2D eigenvalue weighted by atomic mass is 10.1. The summed E-state index contributed by atoms with van der Waals surface area (Å²) in [5, 5.41) is 29.1. The number of hydrogen-bond acceptors (Lipinski definition) is 7. The number of ether oxygens (including phenoxy) is 1. The van der Waals surface area contributed by atoms with E-state index in [0.29, 0.717) is 17.2 Å². The molecule has 0 bridgehead atoms. The van der Waals surface area contributed by atoms with E-state index in [1.165, 1.54) is 12.1 Å². The Labute approximate surface area is 213 Å². The van der Waals surface area contributed by atoms with Gasteiger partial charge in [0.05, 0.1) is 22.1 Å². The van der Waals surface area contributed by atoms with Crippen molar-refractivity contribution in [1.82, 2.24) is 0 Å². The van der Waals surface area contributed by atoms with Crippen LogP contribution in [0.1, 0.15) is 51.2 Å². The largest absolute Gasteiger partial charge is 0.383 e. The van der Waals surface area contributed by atoms with Crippen LogP contribution in [0.2, 0.25) is 5.02 Å². The topological polar surface area (TPSA) is 106 Å². The van der Waals surface area contributed by atoms with Gasteiger partial charge in [0.25, 0.3) is 5.69 Å². The van der Waals surface area contributed by atoms with Crippen LogP contribution in [0.15, 0.2) is 36.4 Å². The summed E-state index contributed by atoms with van der Waals surface area (Å²) >= 11 is 6.03. The third kappa shape index (κ3) is 9.44. The first-order valence-electron chi connectivity index (χ1n) is 11.7. The molecule has 8 nitrogen and oxygen atoms in total. The van der Waals surface area contributed by atoms with Gasteiger partial charge >= 0.3 is 0 Å². The minimum absolute atomic E-state index is 0.108. The van der Waals surface area contributed by atoms with Crippen LogP contribution in [0, 0.1) is 32.8 Å². The van der Waals surface area contributed by atoms with Crippen LogP contribution in [0.4, 0.5) is 17.1 Å². The van der Waals surface area contributed by atoms with E-state index in [1.54, 1.807) is 19.2 Å². The minimum atomic E-state index is -0.502. The van der Waals surface area contributed by atoms with Gasteiger partial charge in [-0.05, 0) is 49.6 Å². The van der Waals surface area contributed by atoms with E-state index < -0.39 is 4.92 Å². The Morgan fingerprint density at radius 3 is 1.80 bits per heavy atom. The van der Waals surface area contributed by atoms with Crippen LogP contribution in [-0.4, -0.2) is 44.8 Å². The summed E-state index contributed by atoms with van der Waals surface area (Å²) in [6.07, 6.45) is 3.02. The SMILES string of the molecule is CCCN(CCC)c1ccc(C#N)c([N+](=O)[O-])c1.CCCN(CCOC)c1ccc(C#N)c(Cl)c1. The molecule has 0 N–H and O–H groups in total. The molecule has 0 radical (unpaired) electrons. The van der Waals surface area contributed by atoms with E-state index in [0.717, 1.165) is 56.8 Å². The van der Waals surface area contributed by atoms with Crippen molar-refractivity contribution in [3.8, 4) is 12.1 Å². The van der Waals surface area contributed by atoms with Crippen LogP contribution >= 0.6 is 11.6 Å². The number of anilines is 2. The predicted molar refractivity (Wildman–Crippen MR) is 141 cm³/mol. The lowest BCUT2D eigenvalue weighted by molar-refractivity contribution is -0.385. The number of nitriles is 2. The molecule has 0 saturated carbocycles. The Morgan fingerprint density at radius 2 is 1.37 bits per heavy atom. The third-order valence-electron chi connectivity index (χ3n) is 5.15. The highest BCUT2D eigenvalue weighted by Crippen LogP contribution is 2.26. The molecule has 0 amide bonds. The highest BCUT2D eigenvalue weighted by Gasteiger charge is 2.16. The average Bonchev–Trinajstić information content (AvgIpc) is 2.86. The molecule has 0 heterocycles. The van der Waals surface area contributed by atoms with Gasteiger partial charge < -0.3 is 14.5 Å². The Balaban J connectivity index is 0.000000351. The van der Waals surface area contributed by atoms with E-state index in [2.05, 4.69) is 36.6 Å². The maximum absolute atomic E-state index is 10.9.